The second kappa shape index (κ2) is 10.6. The summed E-state index contributed by atoms with van der Waals surface area (Å²) in [6.45, 7) is 9.37. The molecule has 4 rings (SSSR count). The Bertz CT molecular complexity index is 856. The maximum Gasteiger partial charge on any atom is 0.252 e. The van der Waals surface area contributed by atoms with Crippen LogP contribution in [0.25, 0.3) is 0 Å². The lowest BCUT2D eigenvalue weighted by atomic mass is 9.96. The molecule has 1 aromatic heterocycles. The third kappa shape index (κ3) is 5.49. The van der Waals surface area contributed by atoms with Crippen molar-refractivity contribution in [1.82, 2.24) is 15.4 Å². The van der Waals surface area contributed by atoms with Crippen LogP contribution < -0.4 is 5.32 Å². The van der Waals surface area contributed by atoms with Crippen molar-refractivity contribution in [3.63, 3.8) is 0 Å². The van der Waals surface area contributed by atoms with E-state index in [1.54, 1.807) is 11.8 Å². The number of nitrogens with one attached hydrogen (secondary N) is 1. The Morgan fingerprint density at radius 2 is 2.03 bits per heavy atom. The molecule has 0 aliphatic carbocycles. The summed E-state index contributed by atoms with van der Waals surface area (Å²) in [6, 6.07) is 8.06. The number of hydrogen-bond donors (Lipinski definition) is 1. The van der Waals surface area contributed by atoms with Crippen molar-refractivity contribution in [2.75, 3.05) is 46.1 Å². The molecular formula is C23H31N3O4S. The molecule has 2 atom stereocenters. The molecule has 7 nitrogen and oxygen atoms in total. The van der Waals surface area contributed by atoms with E-state index in [1.807, 2.05) is 38.1 Å². The number of nitrogens with zero attached hydrogens (tertiary/aromatic N) is 2. The van der Waals surface area contributed by atoms with Crippen molar-refractivity contribution in [3.05, 3.63) is 46.8 Å². The number of rotatable bonds is 8. The summed E-state index contributed by atoms with van der Waals surface area (Å²) in [5.74, 6) is 1.97. The molecule has 1 amide bonds. The Kier molecular flexibility index (Phi) is 7.66. The quantitative estimate of drug-likeness (QED) is 0.626. The van der Waals surface area contributed by atoms with Crippen LogP contribution in [0.5, 0.6) is 0 Å². The van der Waals surface area contributed by atoms with Gasteiger partial charge in [0.1, 0.15) is 5.76 Å². The molecule has 0 spiro atoms. The van der Waals surface area contributed by atoms with Crippen molar-refractivity contribution in [2.24, 2.45) is 5.92 Å². The monoisotopic (exact) mass is 445 g/mol. The van der Waals surface area contributed by atoms with Crippen molar-refractivity contribution >= 4 is 17.7 Å². The van der Waals surface area contributed by atoms with Gasteiger partial charge in [-0.3, -0.25) is 9.69 Å². The van der Waals surface area contributed by atoms with E-state index in [0.29, 0.717) is 18.0 Å². The highest BCUT2D eigenvalue weighted by molar-refractivity contribution is 7.98. The summed E-state index contributed by atoms with van der Waals surface area (Å²) in [4.78, 5) is 16.5. The Morgan fingerprint density at radius 1 is 1.23 bits per heavy atom. The first kappa shape index (κ1) is 22.3. The highest BCUT2D eigenvalue weighted by atomic mass is 32.2. The topological polar surface area (TPSA) is 76.8 Å². The number of thioether (sulfide) groups is 1. The van der Waals surface area contributed by atoms with Gasteiger partial charge in [0.25, 0.3) is 5.91 Å². The summed E-state index contributed by atoms with van der Waals surface area (Å²) >= 11 is 1.64. The lowest BCUT2D eigenvalue weighted by Gasteiger charge is -2.37. The Labute approximate surface area is 187 Å². The molecule has 0 saturated carbocycles. The molecule has 2 aliphatic rings. The number of carbonyl (C=O) groups excluding carboxylic acids is 1. The van der Waals surface area contributed by atoms with Gasteiger partial charge in [-0.05, 0) is 32.4 Å². The lowest BCUT2D eigenvalue weighted by Crippen LogP contribution is -2.52. The van der Waals surface area contributed by atoms with Crippen LogP contribution in [0.15, 0.2) is 33.7 Å². The minimum atomic E-state index is -0.0287. The van der Waals surface area contributed by atoms with Gasteiger partial charge in [-0.15, -0.1) is 11.8 Å². The summed E-state index contributed by atoms with van der Waals surface area (Å²) in [7, 11) is 0. The Balaban J connectivity index is 1.41. The van der Waals surface area contributed by atoms with E-state index < -0.39 is 0 Å². The second-order valence-corrected chi connectivity index (χ2v) is 9.15. The standard InChI is InChI=1S/C23H31N3O4S/c1-16-20(17(2)30-25-16)15-31-22-6-4-3-5-19(22)23(27)24-13-21(18-7-10-29-14-18)26-8-11-28-12-9-26/h3-6,18,21H,7-15H2,1-2H3,(H,24,27). The smallest absolute Gasteiger partial charge is 0.252 e. The van der Waals surface area contributed by atoms with Crippen LogP contribution >= 0.6 is 11.8 Å². The molecule has 0 radical (unpaired) electrons. The van der Waals surface area contributed by atoms with Crippen molar-refractivity contribution in [1.29, 1.82) is 0 Å². The number of ether oxygens (including phenoxy) is 2. The number of morpholine rings is 1. The lowest BCUT2D eigenvalue weighted by molar-refractivity contribution is 0.00166. The molecule has 2 unspecified atom stereocenters. The van der Waals surface area contributed by atoms with Gasteiger partial charge in [0.15, 0.2) is 0 Å². The largest absolute Gasteiger partial charge is 0.381 e. The number of carbonyl (C=O) groups is 1. The van der Waals surface area contributed by atoms with Crippen LogP contribution in [-0.2, 0) is 15.2 Å². The molecular weight excluding hydrogens is 414 g/mol. The fourth-order valence-corrected chi connectivity index (χ4v) is 5.49. The minimum absolute atomic E-state index is 0.0287. The first-order valence-electron chi connectivity index (χ1n) is 10.9. The number of benzene rings is 1. The zero-order valence-electron chi connectivity index (χ0n) is 18.3. The van der Waals surface area contributed by atoms with E-state index in [9.17, 15) is 4.79 Å². The van der Waals surface area contributed by atoms with Crippen molar-refractivity contribution in [3.8, 4) is 0 Å². The van der Waals surface area contributed by atoms with Gasteiger partial charge in [0.2, 0.25) is 0 Å². The molecule has 2 aromatic rings. The van der Waals surface area contributed by atoms with E-state index in [-0.39, 0.29) is 11.9 Å². The van der Waals surface area contributed by atoms with Crippen LogP contribution in [0.3, 0.4) is 0 Å². The molecule has 3 heterocycles. The average Bonchev–Trinajstić information content (AvgIpc) is 3.44. The SMILES string of the molecule is Cc1noc(C)c1CSc1ccccc1C(=O)NCC(C1CCOC1)N1CCOCC1. The maximum absolute atomic E-state index is 13.1. The predicted molar refractivity (Wildman–Crippen MR) is 119 cm³/mol. The molecule has 8 heteroatoms. The van der Waals surface area contributed by atoms with Crippen molar-refractivity contribution in [2.45, 2.75) is 37.0 Å². The summed E-state index contributed by atoms with van der Waals surface area (Å²) < 4.78 is 16.4. The molecule has 0 bridgehead atoms. The van der Waals surface area contributed by atoms with Crippen LogP contribution in [0.4, 0.5) is 0 Å². The van der Waals surface area contributed by atoms with Gasteiger partial charge in [0.05, 0.1) is 31.1 Å². The summed E-state index contributed by atoms with van der Waals surface area (Å²) in [6.07, 6.45) is 1.04. The zero-order chi connectivity index (χ0) is 21.6. The number of amides is 1. The first-order valence-corrected chi connectivity index (χ1v) is 11.9. The van der Waals surface area contributed by atoms with Gasteiger partial charge in [-0.25, -0.2) is 0 Å². The predicted octanol–water partition coefficient (Wildman–Crippen LogP) is 3.05. The zero-order valence-corrected chi connectivity index (χ0v) is 19.1. The normalized spacial score (nSPS) is 20.6. The van der Waals surface area contributed by atoms with Gasteiger partial charge in [-0.1, -0.05) is 17.3 Å². The number of hydrogen-bond acceptors (Lipinski definition) is 7. The van der Waals surface area contributed by atoms with Gasteiger partial charge >= 0.3 is 0 Å². The second-order valence-electron chi connectivity index (χ2n) is 8.14. The molecule has 1 N–H and O–H groups in total. The van der Waals surface area contributed by atoms with E-state index in [4.69, 9.17) is 14.0 Å². The van der Waals surface area contributed by atoms with E-state index in [2.05, 4.69) is 15.4 Å². The van der Waals surface area contributed by atoms with Crippen LogP contribution in [0.2, 0.25) is 0 Å². The third-order valence-electron chi connectivity index (χ3n) is 6.18. The molecule has 168 valence electrons. The van der Waals surface area contributed by atoms with Crippen molar-refractivity contribution < 1.29 is 18.8 Å². The molecule has 31 heavy (non-hydrogen) atoms. The number of aryl methyl sites for hydroxylation is 2. The van der Waals surface area contributed by atoms with E-state index in [0.717, 1.165) is 73.6 Å². The molecule has 1 aromatic carbocycles. The van der Waals surface area contributed by atoms with Gasteiger partial charge in [0, 0.05) is 54.4 Å². The van der Waals surface area contributed by atoms with Gasteiger partial charge < -0.3 is 19.3 Å². The van der Waals surface area contributed by atoms with E-state index >= 15 is 0 Å². The summed E-state index contributed by atoms with van der Waals surface area (Å²) in [5.41, 5.74) is 2.70. The average molecular weight is 446 g/mol. The van der Waals surface area contributed by atoms with Crippen LogP contribution in [0.1, 0.15) is 33.8 Å². The van der Waals surface area contributed by atoms with Crippen LogP contribution in [0, 0.1) is 19.8 Å². The third-order valence-corrected chi connectivity index (χ3v) is 7.28. The van der Waals surface area contributed by atoms with Gasteiger partial charge in [-0.2, -0.15) is 0 Å². The van der Waals surface area contributed by atoms with E-state index in [1.165, 1.54) is 0 Å². The maximum atomic E-state index is 13.1. The number of aromatic nitrogens is 1. The highest BCUT2D eigenvalue weighted by Crippen LogP contribution is 2.29. The molecule has 2 fully saturated rings. The Hall–Kier alpha value is -1.87. The highest BCUT2D eigenvalue weighted by Gasteiger charge is 2.32. The minimum Gasteiger partial charge on any atom is -0.381 e. The first-order chi connectivity index (χ1) is 15.1. The fraction of sp³-hybridized carbons (Fsp3) is 0.565. The van der Waals surface area contributed by atoms with Crippen LogP contribution in [-0.4, -0.2) is 68.1 Å². The summed E-state index contributed by atoms with van der Waals surface area (Å²) in [5, 5.41) is 7.23. The Morgan fingerprint density at radius 3 is 2.74 bits per heavy atom. The fourth-order valence-electron chi connectivity index (χ4n) is 4.29. The molecule has 2 saturated heterocycles. The molecule has 2 aliphatic heterocycles.